The van der Waals surface area contributed by atoms with E-state index in [-0.39, 0.29) is 0 Å². The molecule has 29 heavy (non-hydrogen) atoms. The van der Waals surface area contributed by atoms with Crippen LogP contribution in [0.3, 0.4) is 0 Å². The zero-order valence-electron chi connectivity index (χ0n) is 17.7. The van der Waals surface area contributed by atoms with Crippen molar-refractivity contribution in [1.29, 1.82) is 0 Å². The molecule has 0 amide bonds. The van der Waals surface area contributed by atoms with E-state index in [2.05, 4.69) is 54.3 Å². The molecular formula is C26H32N2O. The number of aryl methyl sites for hydroxylation is 1. The molecule has 0 atom stereocenters. The van der Waals surface area contributed by atoms with Crippen molar-refractivity contribution in [2.24, 2.45) is 5.92 Å². The molecule has 2 aromatic carbocycles. The van der Waals surface area contributed by atoms with E-state index < -0.39 is 0 Å². The summed E-state index contributed by atoms with van der Waals surface area (Å²) in [4.78, 5) is 4.62. The molecule has 0 unspecified atom stereocenters. The van der Waals surface area contributed by atoms with Gasteiger partial charge in [-0.05, 0) is 67.7 Å². The maximum Gasteiger partial charge on any atom is 0.258 e. The molecule has 3 heteroatoms. The molecule has 1 heterocycles. The molecule has 0 radical (unpaired) electrons. The Kier molecular flexibility index (Phi) is 6.43. The first-order valence-electron chi connectivity index (χ1n) is 11.2. The van der Waals surface area contributed by atoms with Crippen LogP contribution in [0.25, 0.3) is 22.8 Å². The standard InChI is InChI=1S/C26H32N2O/c1-3-4-5-9-20-11-13-21(14-12-20)22-15-17-23(18-16-22)26-27-25(28-29-26)24-10-7-6-8-19(24)2/h6-8,10,15-18,20-21H,3-5,9,11-14H2,1-2H3. The second kappa shape index (κ2) is 9.39. The molecule has 4 rings (SSSR count). The Labute approximate surface area is 174 Å². The van der Waals surface area contributed by atoms with Crippen molar-refractivity contribution in [1.82, 2.24) is 10.1 Å². The summed E-state index contributed by atoms with van der Waals surface area (Å²) in [6.07, 6.45) is 11.0. The molecular weight excluding hydrogens is 356 g/mol. The highest BCUT2D eigenvalue weighted by Crippen LogP contribution is 2.38. The summed E-state index contributed by atoms with van der Waals surface area (Å²) in [5.41, 5.74) is 4.63. The summed E-state index contributed by atoms with van der Waals surface area (Å²) in [5.74, 6) is 2.91. The number of aromatic nitrogens is 2. The topological polar surface area (TPSA) is 38.9 Å². The molecule has 1 aromatic heterocycles. The molecule has 1 saturated carbocycles. The molecule has 1 aliphatic rings. The van der Waals surface area contributed by atoms with Crippen LogP contribution in [-0.4, -0.2) is 10.1 Å². The van der Waals surface area contributed by atoms with E-state index >= 15 is 0 Å². The minimum absolute atomic E-state index is 0.592. The van der Waals surface area contributed by atoms with Crippen LogP contribution >= 0.6 is 0 Å². The molecule has 0 N–H and O–H groups in total. The molecule has 3 nitrogen and oxygen atoms in total. The summed E-state index contributed by atoms with van der Waals surface area (Å²) in [6.45, 7) is 4.36. The first-order chi connectivity index (χ1) is 14.2. The summed E-state index contributed by atoms with van der Waals surface area (Å²) < 4.78 is 5.55. The van der Waals surface area contributed by atoms with Crippen molar-refractivity contribution in [3.63, 3.8) is 0 Å². The summed E-state index contributed by atoms with van der Waals surface area (Å²) in [7, 11) is 0. The number of hydrogen-bond acceptors (Lipinski definition) is 3. The van der Waals surface area contributed by atoms with Crippen molar-refractivity contribution in [2.45, 2.75) is 71.1 Å². The van der Waals surface area contributed by atoms with Gasteiger partial charge in [-0.15, -0.1) is 0 Å². The zero-order valence-corrected chi connectivity index (χ0v) is 17.7. The average Bonchev–Trinajstić information content (AvgIpc) is 3.25. The maximum atomic E-state index is 5.55. The third-order valence-electron chi connectivity index (χ3n) is 6.50. The second-order valence-electron chi connectivity index (χ2n) is 8.57. The lowest BCUT2D eigenvalue weighted by Crippen LogP contribution is -2.13. The Morgan fingerprint density at radius 2 is 1.69 bits per heavy atom. The lowest BCUT2D eigenvalue weighted by atomic mass is 9.77. The van der Waals surface area contributed by atoms with Crippen LogP contribution < -0.4 is 0 Å². The fourth-order valence-electron chi connectivity index (χ4n) is 4.64. The summed E-state index contributed by atoms with van der Waals surface area (Å²) >= 11 is 0. The third kappa shape index (κ3) is 4.77. The average molecular weight is 389 g/mol. The quantitative estimate of drug-likeness (QED) is 0.392. The maximum absolute atomic E-state index is 5.55. The highest BCUT2D eigenvalue weighted by atomic mass is 16.5. The summed E-state index contributed by atoms with van der Waals surface area (Å²) in [6, 6.07) is 16.9. The smallest absolute Gasteiger partial charge is 0.258 e. The van der Waals surface area contributed by atoms with E-state index in [0.717, 1.165) is 22.6 Å². The van der Waals surface area contributed by atoms with Gasteiger partial charge < -0.3 is 4.52 Å². The minimum atomic E-state index is 0.592. The first-order valence-corrected chi connectivity index (χ1v) is 11.2. The Bertz CT molecular complexity index is 904. The predicted molar refractivity (Wildman–Crippen MR) is 119 cm³/mol. The highest BCUT2D eigenvalue weighted by molar-refractivity contribution is 5.62. The monoisotopic (exact) mass is 388 g/mol. The molecule has 0 spiro atoms. The van der Waals surface area contributed by atoms with Crippen LogP contribution in [0.2, 0.25) is 0 Å². The molecule has 152 valence electrons. The summed E-state index contributed by atoms with van der Waals surface area (Å²) in [5, 5.41) is 4.19. The van der Waals surface area contributed by atoms with E-state index in [9.17, 15) is 0 Å². The van der Waals surface area contributed by atoms with Crippen molar-refractivity contribution in [3.8, 4) is 22.8 Å². The van der Waals surface area contributed by atoms with Crippen LogP contribution in [0.1, 0.15) is 75.3 Å². The highest BCUT2D eigenvalue weighted by Gasteiger charge is 2.22. The van der Waals surface area contributed by atoms with Gasteiger partial charge >= 0.3 is 0 Å². The Morgan fingerprint density at radius 1 is 0.931 bits per heavy atom. The largest absolute Gasteiger partial charge is 0.334 e. The fraction of sp³-hybridized carbons (Fsp3) is 0.462. The molecule has 3 aromatic rings. The molecule has 0 saturated heterocycles. The molecule has 0 bridgehead atoms. The Hall–Kier alpha value is -2.42. The van der Waals surface area contributed by atoms with Crippen molar-refractivity contribution in [3.05, 3.63) is 59.7 Å². The van der Waals surface area contributed by atoms with Gasteiger partial charge in [-0.25, -0.2) is 0 Å². The van der Waals surface area contributed by atoms with E-state index in [1.54, 1.807) is 0 Å². The van der Waals surface area contributed by atoms with Crippen molar-refractivity contribution in [2.75, 3.05) is 0 Å². The van der Waals surface area contributed by atoms with Crippen LogP contribution in [0.5, 0.6) is 0 Å². The van der Waals surface area contributed by atoms with Gasteiger partial charge in [0.1, 0.15) is 0 Å². The Morgan fingerprint density at radius 3 is 2.41 bits per heavy atom. The predicted octanol–water partition coefficient (Wildman–Crippen LogP) is 7.57. The lowest BCUT2D eigenvalue weighted by Gasteiger charge is -2.29. The number of rotatable bonds is 7. The number of unbranched alkanes of at least 4 members (excludes halogenated alkanes) is 2. The zero-order chi connectivity index (χ0) is 20.1. The van der Waals surface area contributed by atoms with Crippen LogP contribution in [0.15, 0.2) is 53.1 Å². The molecule has 1 aliphatic carbocycles. The molecule has 0 aliphatic heterocycles. The second-order valence-corrected chi connectivity index (χ2v) is 8.57. The molecule has 1 fully saturated rings. The van der Waals surface area contributed by atoms with E-state index in [4.69, 9.17) is 4.52 Å². The van der Waals surface area contributed by atoms with Crippen molar-refractivity contribution < 1.29 is 4.52 Å². The lowest BCUT2D eigenvalue weighted by molar-refractivity contribution is 0.303. The number of hydrogen-bond donors (Lipinski definition) is 0. The van der Waals surface area contributed by atoms with Crippen LogP contribution in [0, 0.1) is 12.8 Å². The fourth-order valence-corrected chi connectivity index (χ4v) is 4.64. The van der Waals surface area contributed by atoms with Gasteiger partial charge in [0.25, 0.3) is 5.89 Å². The number of nitrogens with zero attached hydrogens (tertiary/aromatic N) is 2. The van der Waals surface area contributed by atoms with Gasteiger partial charge in [0.15, 0.2) is 0 Å². The van der Waals surface area contributed by atoms with E-state index in [1.807, 2.05) is 18.2 Å². The van der Waals surface area contributed by atoms with Crippen LogP contribution in [0.4, 0.5) is 0 Å². The van der Waals surface area contributed by atoms with E-state index in [0.29, 0.717) is 17.6 Å². The van der Waals surface area contributed by atoms with Crippen LogP contribution in [-0.2, 0) is 0 Å². The normalized spacial score (nSPS) is 19.4. The van der Waals surface area contributed by atoms with Gasteiger partial charge in [0.05, 0.1) is 0 Å². The van der Waals surface area contributed by atoms with Gasteiger partial charge in [-0.1, -0.05) is 74.2 Å². The number of benzene rings is 2. The van der Waals surface area contributed by atoms with E-state index in [1.165, 1.54) is 56.9 Å². The Balaban J connectivity index is 1.38. The van der Waals surface area contributed by atoms with Gasteiger partial charge in [-0.3, -0.25) is 0 Å². The SMILES string of the molecule is CCCCCC1CCC(c2ccc(-c3nc(-c4ccccc4C)no3)cc2)CC1. The van der Waals surface area contributed by atoms with Gasteiger partial charge in [-0.2, -0.15) is 4.98 Å². The third-order valence-corrected chi connectivity index (χ3v) is 6.50. The first kappa shape index (κ1) is 19.9. The van der Waals surface area contributed by atoms with Gasteiger partial charge in [0, 0.05) is 11.1 Å². The van der Waals surface area contributed by atoms with Gasteiger partial charge in [0.2, 0.25) is 5.82 Å². The minimum Gasteiger partial charge on any atom is -0.334 e. The van der Waals surface area contributed by atoms with Crippen molar-refractivity contribution >= 4 is 0 Å².